The summed E-state index contributed by atoms with van der Waals surface area (Å²) in [6.07, 6.45) is 4.77. The molecule has 120 valence electrons. The third-order valence-electron chi connectivity index (χ3n) is 5.48. The fraction of sp³-hybridized carbons (Fsp3) is 0.812. The molecule has 2 aliphatic heterocycles. The summed E-state index contributed by atoms with van der Waals surface area (Å²) in [7, 11) is 0. The second-order valence-corrected chi connectivity index (χ2v) is 7.12. The van der Waals surface area contributed by atoms with Crippen LogP contribution >= 0.6 is 0 Å². The van der Waals surface area contributed by atoms with Gasteiger partial charge in [-0.1, -0.05) is 5.16 Å². The maximum absolute atomic E-state index is 12.3. The van der Waals surface area contributed by atoms with Gasteiger partial charge < -0.3 is 14.7 Å². The van der Waals surface area contributed by atoms with Crippen molar-refractivity contribution in [2.75, 3.05) is 26.2 Å². The highest BCUT2D eigenvalue weighted by molar-refractivity contribution is 5.80. The molecule has 0 spiro atoms. The first-order chi connectivity index (χ1) is 10.7. The van der Waals surface area contributed by atoms with Gasteiger partial charge >= 0.3 is 0 Å². The van der Waals surface area contributed by atoms with Gasteiger partial charge in [0.05, 0.1) is 5.92 Å². The third kappa shape index (κ3) is 2.76. The maximum atomic E-state index is 12.3. The fourth-order valence-electron chi connectivity index (χ4n) is 4.06. The van der Waals surface area contributed by atoms with Crippen LogP contribution in [0.4, 0.5) is 0 Å². The first-order valence-electron chi connectivity index (χ1n) is 8.51. The van der Waals surface area contributed by atoms with E-state index >= 15 is 0 Å². The number of rotatable bonds is 3. The van der Waals surface area contributed by atoms with E-state index in [0.717, 1.165) is 31.8 Å². The maximum Gasteiger partial charge on any atom is 0.231 e. The van der Waals surface area contributed by atoms with Crippen LogP contribution in [0.1, 0.15) is 43.3 Å². The van der Waals surface area contributed by atoms with Crippen LogP contribution < -0.4 is 5.32 Å². The first kappa shape index (κ1) is 14.2. The molecule has 1 N–H and O–H groups in total. The molecule has 22 heavy (non-hydrogen) atoms. The second-order valence-electron chi connectivity index (χ2n) is 7.12. The zero-order chi connectivity index (χ0) is 15.1. The van der Waals surface area contributed by atoms with E-state index in [-0.39, 0.29) is 17.7 Å². The number of likely N-dealkylation sites (tertiary alicyclic amines) is 1. The van der Waals surface area contributed by atoms with E-state index in [0.29, 0.717) is 24.2 Å². The van der Waals surface area contributed by atoms with Crippen molar-refractivity contribution in [1.82, 2.24) is 20.4 Å². The normalized spacial score (nSPS) is 33.1. The van der Waals surface area contributed by atoms with Crippen LogP contribution in [0.15, 0.2) is 4.52 Å². The predicted octanol–water partition coefficient (Wildman–Crippen LogP) is 1.33. The lowest BCUT2D eigenvalue weighted by molar-refractivity contribution is -0.129. The van der Waals surface area contributed by atoms with Gasteiger partial charge in [-0.2, -0.15) is 4.98 Å². The highest BCUT2D eigenvalue weighted by Gasteiger charge is 2.43. The van der Waals surface area contributed by atoms with Crippen molar-refractivity contribution < 1.29 is 9.32 Å². The largest absolute Gasteiger partial charge is 0.355 e. The molecule has 0 bridgehead atoms. The van der Waals surface area contributed by atoms with Crippen LogP contribution in [0.25, 0.3) is 0 Å². The Kier molecular flexibility index (Phi) is 3.64. The van der Waals surface area contributed by atoms with Gasteiger partial charge in [-0.25, -0.2) is 0 Å². The lowest BCUT2D eigenvalue weighted by Crippen LogP contribution is -2.46. The Morgan fingerprint density at radius 2 is 2.05 bits per heavy atom. The summed E-state index contributed by atoms with van der Waals surface area (Å²) in [5, 5.41) is 6.97. The van der Waals surface area contributed by atoms with Crippen LogP contribution in [0.2, 0.25) is 0 Å². The van der Waals surface area contributed by atoms with Crippen LogP contribution in [-0.2, 0) is 4.79 Å². The number of nitrogens with zero attached hydrogens (tertiary/aromatic N) is 3. The van der Waals surface area contributed by atoms with Crippen molar-refractivity contribution in [3.8, 4) is 0 Å². The molecule has 6 nitrogen and oxygen atoms in total. The minimum absolute atomic E-state index is 0.0927. The Hall–Kier alpha value is -1.43. The van der Waals surface area contributed by atoms with Gasteiger partial charge in [0, 0.05) is 19.0 Å². The van der Waals surface area contributed by atoms with E-state index in [1.54, 1.807) is 0 Å². The molecule has 3 fully saturated rings. The van der Waals surface area contributed by atoms with Crippen LogP contribution in [0.3, 0.4) is 0 Å². The topological polar surface area (TPSA) is 71.3 Å². The number of carbonyl (C=O) groups excluding carboxylic acids is 1. The van der Waals surface area contributed by atoms with E-state index in [4.69, 9.17) is 4.52 Å². The van der Waals surface area contributed by atoms with Gasteiger partial charge in [0.25, 0.3) is 0 Å². The van der Waals surface area contributed by atoms with Gasteiger partial charge in [0.2, 0.25) is 11.8 Å². The highest BCUT2D eigenvalue weighted by atomic mass is 16.5. The average molecular weight is 304 g/mol. The molecular weight excluding hydrogens is 280 g/mol. The summed E-state index contributed by atoms with van der Waals surface area (Å²) in [4.78, 5) is 19.3. The van der Waals surface area contributed by atoms with Crippen LogP contribution in [0, 0.1) is 24.7 Å². The van der Waals surface area contributed by atoms with Crippen molar-refractivity contribution in [2.24, 2.45) is 17.8 Å². The van der Waals surface area contributed by atoms with E-state index in [1.807, 2.05) is 6.92 Å². The average Bonchev–Trinajstić information content (AvgIpc) is 3.26. The van der Waals surface area contributed by atoms with Gasteiger partial charge in [0.1, 0.15) is 0 Å². The number of piperidine rings is 1. The molecule has 1 aliphatic carbocycles. The molecule has 4 rings (SSSR count). The molecule has 0 unspecified atom stereocenters. The Morgan fingerprint density at radius 3 is 2.77 bits per heavy atom. The summed E-state index contributed by atoms with van der Waals surface area (Å²) < 4.78 is 5.40. The Morgan fingerprint density at radius 1 is 1.23 bits per heavy atom. The van der Waals surface area contributed by atoms with Crippen molar-refractivity contribution in [3.63, 3.8) is 0 Å². The molecule has 2 saturated heterocycles. The van der Waals surface area contributed by atoms with Crippen molar-refractivity contribution in [2.45, 2.75) is 38.5 Å². The monoisotopic (exact) mass is 304 g/mol. The van der Waals surface area contributed by atoms with Gasteiger partial charge in [-0.05, 0) is 57.5 Å². The summed E-state index contributed by atoms with van der Waals surface area (Å²) in [6, 6.07) is 0. The van der Waals surface area contributed by atoms with E-state index < -0.39 is 0 Å². The number of hydrogen-bond acceptors (Lipinski definition) is 5. The third-order valence-corrected chi connectivity index (χ3v) is 5.48. The SMILES string of the molecule is Cc1noc([C@@H]2CNC(=O)[C@H]3CCN(CC4CC4)CC[C@H]32)n1. The Bertz CT molecular complexity index is 554. The van der Waals surface area contributed by atoms with E-state index in [1.165, 1.54) is 19.4 Å². The zero-order valence-corrected chi connectivity index (χ0v) is 13.1. The molecular formula is C16H24N4O2. The van der Waals surface area contributed by atoms with Crippen LogP contribution in [0.5, 0.6) is 0 Å². The quantitative estimate of drug-likeness (QED) is 0.912. The standard InChI is InChI=1S/C16H24N4O2/c1-10-18-16(22-19-10)14-8-17-15(21)13-5-7-20(6-4-12(13)14)9-11-2-3-11/h11-14H,2-9H2,1H3,(H,17,21)/t12-,13+,14-/m1/s1. The summed E-state index contributed by atoms with van der Waals surface area (Å²) in [6.45, 7) is 5.82. The number of carbonyl (C=O) groups is 1. The Balaban J connectivity index is 1.51. The van der Waals surface area contributed by atoms with E-state index in [9.17, 15) is 4.79 Å². The molecule has 1 aromatic rings. The lowest BCUT2D eigenvalue weighted by Gasteiger charge is -2.34. The Labute approximate surface area is 130 Å². The fourth-order valence-corrected chi connectivity index (χ4v) is 4.06. The number of fused-ring (bicyclic) bond motifs is 1. The lowest BCUT2D eigenvalue weighted by atomic mass is 9.75. The number of nitrogens with one attached hydrogen (secondary N) is 1. The smallest absolute Gasteiger partial charge is 0.231 e. The molecule has 1 saturated carbocycles. The molecule has 1 amide bonds. The van der Waals surface area contributed by atoms with Gasteiger partial charge in [-0.15, -0.1) is 0 Å². The molecule has 0 radical (unpaired) electrons. The molecule has 6 heteroatoms. The highest BCUT2D eigenvalue weighted by Crippen LogP contribution is 2.39. The first-order valence-corrected chi connectivity index (χ1v) is 8.51. The summed E-state index contributed by atoms with van der Waals surface area (Å²) in [5.41, 5.74) is 0. The number of aryl methyl sites for hydroxylation is 1. The molecule has 3 heterocycles. The number of hydrogen-bond donors (Lipinski definition) is 1. The summed E-state index contributed by atoms with van der Waals surface area (Å²) >= 11 is 0. The van der Waals surface area contributed by atoms with Crippen molar-refractivity contribution in [1.29, 1.82) is 0 Å². The predicted molar refractivity (Wildman–Crippen MR) is 80.2 cm³/mol. The van der Waals surface area contributed by atoms with Crippen molar-refractivity contribution in [3.05, 3.63) is 11.7 Å². The van der Waals surface area contributed by atoms with Crippen molar-refractivity contribution >= 4 is 5.91 Å². The number of aromatic nitrogens is 2. The molecule has 3 atom stereocenters. The molecule has 3 aliphatic rings. The molecule has 1 aromatic heterocycles. The van der Waals surface area contributed by atoms with Crippen LogP contribution in [-0.4, -0.2) is 47.1 Å². The zero-order valence-electron chi connectivity index (χ0n) is 13.1. The number of amides is 1. The minimum Gasteiger partial charge on any atom is -0.355 e. The van der Waals surface area contributed by atoms with Gasteiger partial charge in [-0.3, -0.25) is 4.79 Å². The molecule has 0 aromatic carbocycles. The summed E-state index contributed by atoms with van der Waals surface area (Å²) in [5.74, 6) is 3.09. The van der Waals surface area contributed by atoms with E-state index in [2.05, 4.69) is 20.4 Å². The second kappa shape index (κ2) is 5.65. The minimum atomic E-state index is 0.0927. The van der Waals surface area contributed by atoms with Gasteiger partial charge in [0.15, 0.2) is 5.82 Å².